The molecule has 1 fully saturated rings. The minimum atomic E-state index is -5.14. The van der Waals surface area contributed by atoms with Gasteiger partial charge >= 0.3 is 18.6 Å². The van der Waals surface area contributed by atoms with E-state index in [0.717, 1.165) is 25.7 Å². The van der Waals surface area contributed by atoms with Gasteiger partial charge in [-0.15, -0.1) is 0 Å². The molecule has 0 N–H and O–H groups in total. The highest BCUT2D eigenvalue weighted by Gasteiger charge is 2.43. The number of alkyl halides is 3. The van der Waals surface area contributed by atoms with Crippen LogP contribution in [0.3, 0.4) is 0 Å². The Morgan fingerprint density at radius 2 is 1.82 bits per heavy atom. The molecule has 0 saturated carbocycles. The molecule has 2 rings (SSSR count). The SMILES string of the molecule is CCCCCCCOc1ccc(C2COC(OC(=O)C(F)(F)F)OC2)c(F)c1. The van der Waals surface area contributed by atoms with E-state index in [-0.39, 0.29) is 18.8 Å². The van der Waals surface area contributed by atoms with E-state index in [4.69, 9.17) is 14.2 Å². The molecule has 0 atom stereocenters. The van der Waals surface area contributed by atoms with Gasteiger partial charge in [-0.3, -0.25) is 0 Å². The summed E-state index contributed by atoms with van der Waals surface area (Å²) in [5.74, 6) is -3.06. The van der Waals surface area contributed by atoms with Crippen LogP contribution in [0.25, 0.3) is 0 Å². The Labute approximate surface area is 160 Å². The number of carbonyl (C=O) groups is 1. The molecule has 158 valence electrons. The lowest BCUT2D eigenvalue weighted by molar-refractivity contribution is -0.314. The minimum Gasteiger partial charge on any atom is -0.493 e. The summed E-state index contributed by atoms with van der Waals surface area (Å²) >= 11 is 0. The highest BCUT2D eigenvalue weighted by atomic mass is 19.4. The van der Waals surface area contributed by atoms with Crippen LogP contribution in [0.1, 0.15) is 50.5 Å². The largest absolute Gasteiger partial charge is 0.493 e. The first-order valence-electron chi connectivity index (χ1n) is 9.24. The fourth-order valence-electron chi connectivity index (χ4n) is 2.71. The van der Waals surface area contributed by atoms with Gasteiger partial charge in [-0.25, -0.2) is 9.18 Å². The number of ether oxygens (including phenoxy) is 4. The fraction of sp³-hybridized carbons (Fsp3) is 0.632. The van der Waals surface area contributed by atoms with Crippen molar-refractivity contribution in [2.24, 2.45) is 0 Å². The monoisotopic (exact) mass is 408 g/mol. The Balaban J connectivity index is 1.79. The van der Waals surface area contributed by atoms with Crippen molar-refractivity contribution in [2.75, 3.05) is 19.8 Å². The molecular weight excluding hydrogens is 384 g/mol. The molecule has 1 aromatic rings. The summed E-state index contributed by atoms with van der Waals surface area (Å²) < 4.78 is 70.3. The molecular formula is C19H24F4O5. The molecule has 1 heterocycles. The number of carbonyl (C=O) groups excluding carboxylic acids is 1. The molecule has 1 aromatic carbocycles. The number of unbranched alkanes of at least 4 members (excludes halogenated alkanes) is 4. The normalized spacial score (nSPS) is 20.0. The number of hydrogen-bond donors (Lipinski definition) is 0. The number of hydrogen-bond acceptors (Lipinski definition) is 5. The van der Waals surface area contributed by atoms with Gasteiger partial charge < -0.3 is 18.9 Å². The third-order valence-corrected chi connectivity index (χ3v) is 4.23. The van der Waals surface area contributed by atoms with Crippen LogP contribution in [0.5, 0.6) is 5.75 Å². The third-order valence-electron chi connectivity index (χ3n) is 4.23. The van der Waals surface area contributed by atoms with Gasteiger partial charge in [0, 0.05) is 12.0 Å². The van der Waals surface area contributed by atoms with Crippen LogP contribution in [0.15, 0.2) is 18.2 Å². The van der Waals surface area contributed by atoms with Crippen LogP contribution in [0.2, 0.25) is 0 Å². The van der Waals surface area contributed by atoms with Gasteiger partial charge in [0.2, 0.25) is 0 Å². The Kier molecular flexibility index (Phi) is 8.50. The molecule has 0 aliphatic carbocycles. The predicted octanol–water partition coefficient (Wildman–Crippen LogP) is 4.69. The lowest BCUT2D eigenvalue weighted by atomic mass is 9.99. The zero-order chi connectivity index (χ0) is 20.6. The van der Waals surface area contributed by atoms with E-state index < -0.39 is 30.4 Å². The average molecular weight is 408 g/mol. The van der Waals surface area contributed by atoms with Gasteiger partial charge in [-0.2, -0.15) is 13.2 Å². The van der Waals surface area contributed by atoms with Crippen molar-refractivity contribution in [3.8, 4) is 5.75 Å². The fourth-order valence-corrected chi connectivity index (χ4v) is 2.71. The molecule has 1 aliphatic rings. The van der Waals surface area contributed by atoms with Crippen LogP contribution < -0.4 is 4.74 Å². The number of esters is 1. The molecule has 28 heavy (non-hydrogen) atoms. The molecule has 0 bridgehead atoms. The zero-order valence-corrected chi connectivity index (χ0v) is 15.6. The summed E-state index contributed by atoms with van der Waals surface area (Å²) in [5, 5.41) is 0. The van der Waals surface area contributed by atoms with Crippen molar-refractivity contribution in [1.29, 1.82) is 0 Å². The van der Waals surface area contributed by atoms with Gasteiger partial charge in [0.1, 0.15) is 11.6 Å². The molecule has 0 spiro atoms. The second-order valence-electron chi connectivity index (χ2n) is 6.50. The highest BCUT2D eigenvalue weighted by molar-refractivity contribution is 5.75. The van der Waals surface area contributed by atoms with Crippen molar-refractivity contribution in [3.63, 3.8) is 0 Å². The zero-order valence-electron chi connectivity index (χ0n) is 15.6. The van der Waals surface area contributed by atoms with E-state index >= 15 is 0 Å². The molecule has 0 amide bonds. The number of benzene rings is 1. The Morgan fingerprint density at radius 1 is 1.14 bits per heavy atom. The van der Waals surface area contributed by atoms with Crippen LogP contribution >= 0.6 is 0 Å². The van der Waals surface area contributed by atoms with E-state index in [1.54, 1.807) is 6.07 Å². The second kappa shape index (κ2) is 10.6. The second-order valence-corrected chi connectivity index (χ2v) is 6.50. The van der Waals surface area contributed by atoms with Crippen LogP contribution in [0.4, 0.5) is 17.6 Å². The van der Waals surface area contributed by atoms with Crippen LogP contribution in [-0.4, -0.2) is 38.4 Å². The van der Waals surface area contributed by atoms with E-state index in [0.29, 0.717) is 12.4 Å². The van der Waals surface area contributed by atoms with E-state index in [9.17, 15) is 22.4 Å². The van der Waals surface area contributed by atoms with Crippen molar-refractivity contribution in [3.05, 3.63) is 29.6 Å². The lowest BCUT2D eigenvalue weighted by Gasteiger charge is -2.29. The van der Waals surface area contributed by atoms with Crippen molar-refractivity contribution in [1.82, 2.24) is 0 Å². The van der Waals surface area contributed by atoms with E-state index in [1.807, 2.05) is 0 Å². The summed E-state index contributed by atoms with van der Waals surface area (Å²) in [6, 6.07) is 4.42. The molecule has 5 nitrogen and oxygen atoms in total. The van der Waals surface area contributed by atoms with E-state index in [1.165, 1.54) is 18.6 Å². The van der Waals surface area contributed by atoms with Crippen molar-refractivity contribution < 1.29 is 41.3 Å². The summed E-state index contributed by atoms with van der Waals surface area (Å²) in [7, 11) is 0. The maximum absolute atomic E-state index is 14.3. The Morgan fingerprint density at radius 3 is 2.43 bits per heavy atom. The minimum absolute atomic E-state index is 0.148. The summed E-state index contributed by atoms with van der Waals surface area (Å²) in [6.45, 7) is 0.584. The summed E-state index contributed by atoms with van der Waals surface area (Å²) in [4.78, 5) is 10.8. The standard InChI is InChI=1S/C19H24F4O5/c1-2-3-4-5-6-9-25-14-7-8-15(16(20)10-14)13-11-26-18(27-12-13)28-17(24)19(21,22)23/h7-8,10,13,18H,2-6,9,11-12H2,1H3. The Bertz CT molecular complexity index is 627. The van der Waals surface area contributed by atoms with Crippen molar-refractivity contribution >= 4 is 5.97 Å². The Hall–Kier alpha value is -1.87. The first kappa shape index (κ1) is 22.4. The first-order chi connectivity index (χ1) is 13.3. The molecule has 0 radical (unpaired) electrons. The maximum atomic E-state index is 14.3. The first-order valence-corrected chi connectivity index (χ1v) is 9.24. The lowest BCUT2D eigenvalue weighted by Crippen LogP contribution is -2.38. The molecule has 0 aromatic heterocycles. The number of rotatable bonds is 9. The number of halogens is 4. The maximum Gasteiger partial charge on any atom is 0.491 e. The smallest absolute Gasteiger partial charge is 0.491 e. The average Bonchev–Trinajstić information content (AvgIpc) is 2.65. The third kappa shape index (κ3) is 6.94. The summed E-state index contributed by atoms with van der Waals surface area (Å²) in [6.07, 6.45) is 0.311. The highest BCUT2D eigenvalue weighted by Crippen LogP contribution is 2.28. The molecule has 0 unspecified atom stereocenters. The quantitative estimate of drug-likeness (QED) is 0.337. The van der Waals surface area contributed by atoms with Crippen LogP contribution in [0, 0.1) is 5.82 Å². The topological polar surface area (TPSA) is 54.0 Å². The van der Waals surface area contributed by atoms with E-state index in [2.05, 4.69) is 11.7 Å². The van der Waals surface area contributed by atoms with Gasteiger partial charge in [0.15, 0.2) is 0 Å². The molecule has 1 aliphatic heterocycles. The van der Waals surface area contributed by atoms with Gasteiger partial charge in [-0.05, 0) is 18.1 Å². The predicted molar refractivity (Wildman–Crippen MR) is 91.2 cm³/mol. The molecule has 1 saturated heterocycles. The summed E-state index contributed by atoms with van der Waals surface area (Å²) in [5.41, 5.74) is 0.288. The van der Waals surface area contributed by atoms with Crippen molar-refractivity contribution in [2.45, 2.75) is 57.6 Å². The van der Waals surface area contributed by atoms with Gasteiger partial charge in [0.25, 0.3) is 0 Å². The van der Waals surface area contributed by atoms with Gasteiger partial charge in [0.05, 0.1) is 19.8 Å². The van der Waals surface area contributed by atoms with Gasteiger partial charge in [-0.1, -0.05) is 38.7 Å². The van der Waals surface area contributed by atoms with Crippen LogP contribution in [-0.2, 0) is 19.0 Å². The molecule has 9 heteroatoms.